The second kappa shape index (κ2) is 7.38. The van der Waals surface area contributed by atoms with Crippen LogP contribution >= 0.6 is 0 Å². The number of aromatic amines is 1. The Hall–Kier alpha value is -2.53. The second-order valence-electron chi connectivity index (χ2n) is 7.14. The molecule has 3 heterocycles. The van der Waals surface area contributed by atoms with Gasteiger partial charge < -0.3 is 0 Å². The third-order valence-corrected chi connectivity index (χ3v) is 5.37. The number of fused-ring (bicyclic) bond motifs is 1. The molecule has 26 heavy (non-hydrogen) atoms. The first kappa shape index (κ1) is 16.9. The highest BCUT2D eigenvalue weighted by molar-refractivity contribution is 5.89. The van der Waals surface area contributed by atoms with E-state index in [0.717, 1.165) is 40.7 Å². The maximum absolute atomic E-state index is 12.7. The van der Waals surface area contributed by atoms with Crippen LogP contribution in [-0.4, -0.2) is 45.0 Å². The molecular weight excluding hydrogens is 324 g/mol. The first-order valence-corrected chi connectivity index (χ1v) is 9.35. The molecule has 134 valence electrons. The molecule has 0 bridgehead atoms. The van der Waals surface area contributed by atoms with Gasteiger partial charge in [0.15, 0.2) is 5.78 Å². The van der Waals surface area contributed by atoms with Crippen LogP contribution in [0.25, 0.3) is 21.9 Å². The monoisotopic (exact) mass is 348 g/mol. The number of rotatable bonds is 5. The number of benzene rings is 1. The van der Waals surface area contributed by atoms with Gasteiger partial charge in [0, 0.05) is 29.0 Å². The lowest BCUT2D eigenvalue weighted by Gasteiger charge is -2.31. The molecule has 5 heteroatoms. The number of nitrogens with zero attached hydrogens (tertiary/aromatic N) is 3. The first-order chi connectivity index (χ1) is 12.7. The van der Waals surface area contributed by atoms with Crippen molar-refractivity contribution < 1.29 is 4.79 Å². The minimum Gasteiger partial charge on any atom is -0.298 e. The van der Waals surface area contributed by atoms with Crippen molar-refractivity contribution in [3.8, 4) is 11.1 Å². The van der Waals surface area contributed by atoms with Crippen LogP contribution in [0.4, 0.5) is 0 Å². The fraction of sp³-hybridized carbons (Fsp3) is 0.381. The summed E-state index contributed by atoms with van der Waals surface area (Å²) in [5.41, 5.74) is 3.01. The van der Waals surface area contributed by atoms with Crippen molar-refractivity contribution in [1.29, 1.82) is 0 Å². The van der Waals surface area contributed by atoms with Gasteiger partial charge in [0.1, 0.15) is 0 Å². The lowest BCUT2D eigenvalue weighted by Crippen LogP contribution is -2.42. The van der Waals surface area contributed by atoms with Crippen LogP contribution in [0.3, 0.4) is 0 Å². The molecule has 1 aliphatic rings. The van der Waals surface area contributed by atoms with Gasteiger partial charge in [-0.1, -0.05) is 18.6 Å². The Bertz CT molecular complexity index is 898. The van der Waals surface area contributed by atoms with E-state index in [4.69, 9.17) is 0 Å². The maximum atomic E-state index is 12.7. The van der Waals surface area contributed by atoms with E-state index >= 15 is 0 Å². The number of H-pyrrole nitrogens is 1. The van der Waals surface area contributed by atoms with E-state index in [1.54, 1.807) is 0 Å². The fourth-order valence-corrected chi connectivity index (χ4v) is 3.71. The summed E-state index contributed by atoms with van der Waals surface area (Å²) in [7, 11) is 0. The predicted molar refractivity (Wildman–Crippen MR) is 103 cm³/mol. The molecule has 1 fully saturated rings. The quantitative estimate of drug-likeness (QED) is 0.765. The number of likely N-dealkylation sites (tertiary alicyclic amines) is 1. The summed E-state index contributed by atoms with van der Waals surface area (Å²) < 4.78 is 0. The summed E-state index contributed by atoms with van der Waals surface area (Å²) in [6, 6.07) is 8.28. The Labute approximate surface area is 153 Å². The Kier molecular flexibility index (Phi) is 4.80. The van der Waals surface area contributed by atoms with Gasteiger partial charge in [-0.15, -0.1) is 0 Å². The number of aromatic nitrogens is 3. The molecule has 1 aliphatic heterocycles. The molecule has 1 unspecified atom stereocenters. The molecule has 1 saturated heterocycles. The Morgan fingerprint density at radius 1 is 1.12 bits per heavy atom. The van der Waals surface area contributed by atoms with E-state index in [0.29, 0.717) is 6.42 Å². The zero-order chi connectivity index (χ0) is 17.9. The number of ketones is 1. The number of nitrogens with one attached hydrogen (secondary N) is 1. The topological polar surface area (TPSA) is 61.9 Å². The van der Waals surface area contributed by atoms with E-state index in [1.807, 2.05) is 31.6 Å². The standard InChI is InChI=1S/C21H24N4O/c1-15(25-7-3-2-4-8-25)21(26)11-20-10-18-9-16(19-13-23-24-14-19)5-6-17(18)12-22-20/h5-6,9-10,12-15H,2-4,7-8,11H2,1H3,(H,23,24). The average Bonchev–Trinajstić information content (AvgIpc) is 3.22. The van der Waals surface area contributed by atoms with E-state index in [2.05, 4.69) is 38.3 Å². The van der Waals surface area contributed by atoms with Crippen LogP contribution in [0, 0.1) is 0 Å². The zero-order valence-corrected chi connectivity index (χ0v) is 15.1. The van der Waals surface area contributed by atoms with Crippen molar-refractivity contribution in [2.75, 3.05) is 13.1 Å². The highest BCUT2D eigenvalue weighted by Gasteiger charge is 2.23. The van der Waals surface area contributed by atoms with Crippen LogP contribution in [0.5, 0.6) is 0 Å². The molecular formula is C21H24N4O. The minimum atomic E-state index is -0.0231. The largest absolute Gasteiger partial charge is 0.298 e. The van der Waals surface area contributed by atoms with Crippen LogP contribution in [-0.2, 0) is 11.2 Å². The Morgan fingerprint density at radius 3 is 2.73 bits per heavy atom. The van der Waals surface area contributed by atoms with E-state index in [1.165, 1.54) is 19.3 Å². The number of carbonyl (C=O) groups is 1. The van der Waals surface area contributed by atoms with Gasteiger partial charge in [-0.3, -0.25) is 19.8 Å². The lowest BCUT2D eigenvalue weighted by atomic mass is 10.0. The van der Waals surface area contributed by atoms with Gasteiger partial charge in [-0.05, 0) is 55.9 Å². The smallest absolute Gasteiger partial charge is 0.155 e. The summed E-state index contributed by atoms with van der Waals surface area (Å²) in [6.45, 7) is 4.10. The number of piperidine rings is 1. The number of carbonyl (C=O) groups excluding carboxylic acids is 1. The fourth-order valence-electron chi connectivity index (χ4n) is 3.71. The predicted octanol–water partition coefficient (Wildman–Crippen LogP) is 3.61. The molecule has 0 saturated carbocycles. The molecule has 1 atom stereocenters. The van der Waals surface area contributed by atoms with Crippen LogP contribution < -0.4 is 0 Å². The molecule has 5 nitrogen and oxygen atoms in total. The van der Waals surface area contributed by atoms with E-state index < -0.39 is 0 Å². The molecule has 0 radical (unpaired) electrons. The summed E-state index contributed by atoms with van der Waals surface area (Å²) in [5, 5.41) is 9.04. The number of hydrogen-bond donors (Lipinski definition) is 1. The molecule has 3 aromatic rings. The molecule has 4 rings (SSSR count). The van der Waals surface area contributed by atoms with Crippen molar-refractivity contribution in [2.45, 2.75) is 38.6 Å². The zero-order valence-electron chi connectivity index (χ0n) is 15.1. The first-order valence-electron chi connectivity index (χ1n) is 9.35. The third-order valence-electron chi connectivity index (χ3n) is 5.37. The van der Waals surface area contributed by atoms with Gasteiger partial charge in [-0.2, -0.15) is 5.10 Å². The molecule has 1 N–H and O–H groups in total. The SMILES string of the molecule is CC(C(=O)Cc1cc2cc(-c3cn[nH]c3)ccc2cn1)N1CCCCC1. The number of Topliss-reactive ketones (excluding diaryl/α,β-unsaturated/α-hetero) is 1. The van der Waals surface area contributed by atoms with Crippen molar-refractivity contribution in [1.82, 2.24) is 20.1 Å². The molecule has 0 spiro atoms. The number of hydrogen-bond acceptors (Lipinski definition) is 4. The second-order valence-corrected chi connectivity index (χ2v) is 7.14. The van der Waals surface area contributed by atoms with Crippen molar-refractivity contribution in [3.05, 3.63) is 48.5 Å². The Morgan fingerprint density at radius 2 is 1.96 bits per heavy atom. The van der Waals surface area contributed by atoms with Crippen LogP contribution in [0.1, 0.15) is 31.9 Å². The van der Waals surface area contributed by atoms with Gasteiger partial charge in [0.25, 0.3) is 0 Å². The van der Waals surface area contributed by atoms with E-state index in [9.17, 15) is 4.79 Å². The van der Waals surface area contributed by atoms with Crippen molar-refractivity contribution in [2.24, 2.45) is 0 Å². The Balaban J connectivity index is 1.53. The maximum Gasteiger partial charge on any atom is 0.155 e. The minimum absolute atomic E-state index is 0.0231. The molecule has 1 aromatic carbocycles. The molecule has 2 aromatic heterocycles. The van der Waals surface area contributed by atoms with Crippen molar-refractivity contribution in [3.63, 3.8) is 0 Å². The van der Waals surface area contributed by atoms with Crippen LogP contribution in [0.2, 0.25) is 0 Å². The summed E-state index contributed by atoms with van der Waals surface area (Å²) in [6.07, 6.45) is 9.63. The van der Waals surface area contributed by atoms with Gasteiger partial charge in [0.2, 0.25) is 0 Å². The van der Waals surface area contributed by atoms with Gasteiger partial charge >= 0.3 is 0 Å². The summed E-state index contributed by atoms with van der Waals surface area (Å²) in [4.78, 5) is 19.5. The molecule has 0 aliphatic carbocycles. The summed E-state index contributed by atoms with van der Waals surface area (Å²) >= 11 is 0. The summed E-state index contributed by atoms with van der Waals surface area (Å²) in [5.74, 6) is 0.254. The van der Waals surface area contributed by atoms with Crippen LogP contribution in [0.15, 0.2) is 42.9 Å². The average molecular weight is 348 g/mol. The lowest BCUT2D eigenvalue weighted by molar-refractivity contribution is -0.123. The normalized spacial score (nSPS) is 16.7. The number of pyridine rings is 1. The van der Waals surface area contributed by atoms with Crippen molar-refractivity contribution >= 4 is 16.6 Å². The van der Waals surface area contributed by atoms with Gasteiger partial charge in [-0.25, -0.2) is 0 Å². The highest BCUT2D eigenvalue weighted by atomic mass is 16.1. The third kappa shape index (κ3) is 3.53. The molecule has 0 amide bonds. The van der Waals surface area contributed by atoms with Gasteiger partial charge in [0.05, 0.1) is 18.7 Å². The van der Waals surface area contributed by atoms with E-state index in [-0.39, 0.29) is 11.8 Å². The highest BCUT2D eigenvalue weighted by Crippen LogP contribution is 2.24.